The Kier molecular flexibility index (Phi) is 5.40. The zero-order valence-electron chi connectivity index (χ0n) is 13.6. The number of methoxy groups -OCH3 is 1. The summed E-state index contributed by atoms with van der Waals surface area (Å²) < 4.78 is 5.69. The van der Waals surface area contributed by atoms with Gasteiger partial charge in [-0.25, -0.2) is 0 Å². The molecule has 1 heterocycles. The molecule has 2 aromatic rings. The van der Waals surface area contributed by atoms with Crippen LogP contribution in [0.25, 0.3) is 6.08 Å². The zero-order chi connectivity index (χ0) is 17.8. The summed E-state index contributed by atoms with van der Waals surface area (Å²) in [7, 11) is 1.63. The van der Waals surface area contributed by atoms with Gasteiger partial charge in [-0.1, -0.05) is 54.3 Å². The van der Waals surface area contributed by atoms with Crippen LogP contribution in [0.15, 0.2) is 53.4 Å². The van der Waals surface area contributed by atoms with Gasteiger partial charge in [-0.15, -0.1) is 0 Å². The molecule has 0 atom stereocenters. The summed E-state index contributed by atoms with van der Waals surface area (Å²) in [4.78, 5) is 14.7. The standard InChI is InChI=1S/C19H17NO3S2/c1-23-15-8-6-13(7-9-15)10-11-20-18(22)17(25-19(20)24)12-14-4-2-3-5-16(14)21/h2-9,12,21H,10-11H2,1H3. The van der Waals surface area contributed by atoms with E-state index in [9.17, 15) is 9.90 Å². The van der Waals surface area contributed by atoms with E-state index in [0.29, 0.717) is 27.8 Å². The van der Waals surface area contributed by atoms with Crippen LogP contribution in [-0.2, 0) is 11.2 Å². The van der Waals surface area contributed by atoms with E-state index in [1.807, 2.05) is 30.3 Å². The molecule has 128 valence electrons. The summed E-state index contributed by atoms with van der Waals surface area (Å²) >= 11 is 6.61. The smallest absolute Gasteiger partial charge is 0.266 e. The van der Waals surface area contributed by atoms with E-state index in [2.05, 4.69) is 0 Å². The highest BCUT2D eigenvalue weighted by molar-refractivity contribution is 8.26. The van der Waals surface area contributed by atoms with Crippen LogP contribution >= 0.6 is 24.0 Å². The highest BCUT2D eigenvalue weighted by Crippen LogP contribution is 2.34. The molecule has 1 amide bonds. The third-order valence-electron chi connectivity index (χ3n) is 3.88. The Morgan fingerprint density at radius 2 is 1.92 bits per heavy atom. The SMILES string of the molecule is COc1ccc(CCN2C(=O)C(=Cc3ccccc3O)SC2=S)cc1. The van der Waals surface area contributed by atoms with Crippen molar-refractivity contribution in [1.82, 2.24) is 4.90 Å². The van der Waals surface area contributed by atoms with Crippen LogP contribution in [0, 0.1) is 0 Å². The molecule has 25 heavy (non-hydrogen) atoms. The van der Waals surface area contributed by atoms with Crippen molar-refractivity contribution in [3.05, 3.63) is 64.6 Å². The van der Waals surface area contributed by atoms with Gasteiger partial charge in [0.25, 0.3) is 5.91 Å². The number of ether oxygens (including phenoxy) is 1. The first-order valence-corrected chi connectivity index (χ1v) is 8.97. The van der Waals surface area contributed by atoms with E-state index in [1.165, 1.54) is 11.8 Å². The lowest BCUT2D eigenvalue weighted by molar-refractivity contribution is -0.122. The van der Waals surface area contributed by atoms with Crippen molar-refractivity contribution in [2.45, 2.75) is 6.42 Å². The molecule has 0 unspecified atom stereocenters. The molecule has 0 saturated carbocycles. The van der Waals surface area contributed by atoms with Crippen LogP contribution in [0.1, 0.15) is 11.1 Å². The van der Waals surface area contributed by atoms with Gasteiger partial charge >= 0.3 is 0 Å². The lowest BCUT2D eigenvalue weighted by Crippen LogP contribution is -2.30. The summed E-state index contributed by atoms with van der Waals surface area (Å²) in [6, 6.07) is 14.7. The van der Waals surface area contributed by atoms with Crippen molar-refractivity contribution in [2.24, 2.45) is 0 Å². The molecule has 1 N–H and O–H groups in total. The average Bonchev–Trinajstić information content (AvgIpc) is 2.89. The number of benzene rings is 2. The number of rotatable bonds is 5. The maximum atomic E-state index is 12.6. The molecule has 3 rings (SSSR count). The first kappa shape index (κ1) is 17.5. The monoisotopic (exact) mass is 371 g/mol. The van der Waals surface area contributed by atoms with Gasteiger partial charge in [0.1, 0.15) is 15.8 Å². The van der Waals surface area contributed by atoms with Gasteiger partial charge < -0.3 is 9.84 Å². The lowest BCUT2D eigenvalue weighted by atomic mass is 10.1. The molecular formula is C19H17NO3S2. The zero-order valence-corrected chi connectivity index (χ0v) is 15.3. The van der Waals surface area contributed by atoms with E-state index < -0.39 is 0 Å². The van der Waals surface area contributed by atoms with E-state index in [1.54, 1.807) is 36.3 Å². The third kappa shape index (κ3) is 4.03. The Balaban J connectivity index is 1.70. The van der Waals surface area contributed by atoms with Gasteiger partial charge in [0, 0.05) is 12.1 Å². The first-order valence-electron chi connectivity index (χ1n) is 7.75. The summed E-state index contributed by atoms with van der Waals surface area (Å²) in [6.45, 7) is 0.523. The fraction of sp³-hybridized carbons (Fsp3) is 0.158. The van der Waals surface area contributed by atoms with Crippen LogP contribution in [-0.4, -0.2) is 33.9 Å². The van der Waals surface area contributed by atoms with Crippen molar-refractivity contribution in [3.63, 3.8) is 0 Å². The number of phenols is 1. The number of carbonyl (C=O) groups excluding carboxylic acids is 1. The minimum absolute atomic E-state index is 0.119. The Labute approximate surface area is 156 Å². The summed E-state index contributed by atoms with van der Waals surface area (Å²) in [5, 5.41) is 9.86. The van der Waals surface area contributed by atoms with Crippen LogP contribution < -0.4 is 4.74 Å². The number of aromatic hydroxyl groups is 1. The second-order valence-corrected chi connectivity index (χ2v) is 7.17. The Hall–Kier alpha value is -2.31. The van der Waals surface area contributed by atoms with E-state index in [-0.39, 0.29) is 11.7 Å². The summed E-state index contributed by atoms with van der Waals surface area (Å²) in [6.07, 6.45) is 2.39. The van der Waals surface area contributed by atoms with Gasteiger partial charge in [-0.3, -0.25) is 9.69 Å². The predicted molar refractivity (Wildman–Crippen MR) is 105 cm³/mol. The molecule has 0 radical (unpaired) electrons. The predicted octanol–water partition coefficient (Wildman–Crippen LogP) is 3.84. The van der Waals surface area contributed by atoms with Crippen molar-refractivity contribution in [1.29, 1.82) is 0 Å². The average molecular weight is 371 g/mol. The van der Waals surface area contributed by atoms with Crippen molar-refractivity contribution >= 4 is 40.3 Å². The van der Waals surface area contributed by atoms with Gasteiger partial charge in [-0.05, 0) is 36.3 Å². The normalized spacial score (nSPS) is 15.9. The van der Waals surface area contributed by atoms with Crippen molar-refractivity contribution in [3.8, 4) is 11.5 Å². The molecule has 6 heteroatoms. The molecule has 0 aromatic heterocycles. The molecule has 1 aliphatic rings. The lowest BCUT2D eigenvalue weighted by Gasteiger charge is -2.14. The fourth-order valence-electron chi connectivity index (χ4n) is 2.48. The number of hydrogen-bond donors (Lipinski definition) is 1. The topological polar surface area (TPSA) is 49.8 Å². The fourth-order valence-corrected chi connectivity index (χ4v) is 3.78. The summed E-state index contributed by atoms with van der Waals surface area (Å²) in [5.41, 5.74) is 1.72. The van der Waals surface area contributed by atoms with Gasteiger partial charge in [0.05, 0.1) is 12.0 Å². The van der Waals surface area contributed by atoms with Crippen LogP contribution in [0.2, 0.25) is 0 Å². The van der Waals surface area contributed by atoms with Crippen molar-refractivity contribution < 1.29 is 14.6 Å². The minimum atomic E-state index is -0.119. The molecule has 4 nitrogen and oxygen atoms in total. The second-order valence-electron chi connectivity index (χ2n) is 5.49. The molecular weight excluding hydrogens is 354 g/mol. The van der Waals surface area contributed by atoms with E-state index >= 15 is 0 Å². The van der Waals surface area contributed by atoms with Crippen molar-refractivity contribution in [2.75, 3.05) is 13.7 Å². The number of thioether (sulfide) groups is 1. The number of hydrogen-bond acceptors (Lipinski definition) is 5. The number of nitrogens with zero attached hydrogens (tertiary/aromatic N) is 1. The summed E-state index contributed by atoms with van der Waals surface area (Å²) in [5.74, 6) is 0.831. The molecule has 1 aliphatic heterocycles. The Morgan fingerprint density at radius 1 is 1.20 bits per heavy atom. The number of amides is 1. The maximum absolute atomic E-state index is 12.6. The molecule has 1 saturated heterocycles. The van der Waals surface area contributed by atoms with Gasteiger partial charge in [0.15, 0.2) is 0 Å². The molecule has 0 bridgehead atoms. The highest BCUT2D eigenvalue weighted by Gasteiger charge is 2.31. The minimum Gasteiger partial charge on any atom is -0.507 e. The molecule has 0 spiro atoms. The van der Waals surface area contributed by atoms with E-state index in [0.717, 1.165) is 11.3 Å². The number of para-hydroxylation sites is 1. The van der Waals surface area contributed by atoms with Crippen LogP contribution in [0.4, 0.5) is 0 Å². The first-order chi connectivity index (χ1) is 12.1. The number of phenolic OH excluding ortho intramolecular Hbond substituents is 1. The van der Waals surface area contributed by atoms with Crippen LogP contribution in [0.3, 0.4) is 0 Å². The molecule has 0 aliphatic carbocycles. The molecule has 1 fully saturated rings. The Morgan fingerprint density at radius 3 is 2.60 bits per heavy atom. The maximum Gasteiger partial charge on any atom is 0.266 e. The van der Waals surface area contributed by atoms with Crippen LogP contribution in [0.5, 0.6) is 11.5 Å². The number of thiocarbonyl (C=S) groups is 1. The number of carbonyl (C=O) groups is 1. The highest BCUT2D eigenvalue weighted by atomic mass is 32.2. The second kappa shape index (κ2) is 7.72. The largest absolute Gasteiger partial charge is 0.507 e. The third-order valence-corrected chi connectivity index (χ3v) is 5.26. The van der Waals surface area contributed by atoms with Gasteiger partial charge in [0.2, 0.25) is 0 Å². The molecule has 2 aromatic carbocycles. The quantitative estimate of drug-likeness (QED) is 0.639. The van der Waals surface area contributed by atoms with Gasteiger partial charge in [-0.2, -0.15) is 0 Å². The Bertz CT molecular complexity index is 831. The van der Waals surface area contributed by atoms with E-state index in [4.69, 9.17) is 17.0 Å².